The van der Waals surface area contributed by atoms with Crippen LogP contribution in [0.2, 0.25) is 0 Å². The SMILES string of the molecule is CCc1noc(C)c1C(=O)NCC(C)CCO. The molecule has 17 heavy (non-hydrogen) atoms. The van der Waals surface area contributed by atoms with Crippen molar-refractivity contribution in [2.45, 2.75) is 33.6 Å². The lowest BCUT2D eigenvalue weighted by Crippen LogP contribution is -2.29. The summed E-state index contributed by atoms with van der Waals surface area (Å²) in [5.74, 6) is 0.661. The zero-order valence-electron chi connectivity index (χ0n) is 10.6. The quantitative estimate of drug-likeness (QED) is 0.785. The van der Waals surface area contributed by atoms with Gasteiger partial charge < -0.3 is 14.9 Å². The van der Waals surface area contributed by atoms with Gasteiger partial charge >= 0.3 is 0 Å². The molecule has 0 aliphatic rings. The average molecular weight is 240 g/mol. The minimum absolute atomic E-state index is 0.142. The fourth-order valence-electron chi connectivity index (χ4n) is 1.63. The lowest BCUT2D eigenvalue weighted by molar-refractivity contribution is 0.0943. The van der Waals surface area contributed by atoms with Crippen molar-refractivity contribution in [2.75, 3.05) is 13.2 Å². The Morgan fingerprint density at radius 3 is 2.88 bits per heavy atom. The van der Waals surface area contributed by atoms with Crippen LogP contribution in [0.4, 0.5) is 0 Å². The predicted molar refractivity (Wildman–Crippen MR) is 63.8 cm³/mol. The number of carbonyl (C=O) groups is 1. The highest BCUT2D eigenvalue weighted by molar-refractivity contribution is 5.96. The standard InChI is InChI=1S/C12H20N2O3/c1-4-10-11(9(3)17-14-10)12(16)13-7-8(2)5-6-15/h8,15H,4-7H2,1-3H3,(H,13,16). The third-order valence-corrected chi connectivity index (χ3v) is 2.73. The van der Waals surface area contributed by atoms with Gasteiger partial charge in [-0.15, -0.1) is 0 Å². The lowest BCUT2D eigenvalue weighted by Gasteiger charge is -2.10. The van der Waals surface area contributed by atoms with E-state index in [1.807, 2.05) is 13.8 Å². The summed E-state index contributed by atoms with van der Waals surface area (Å²) in [6.45, 7) is 6.34. The molecule has 1 aromatic heterocycles. The molecule has 0 saturated carbocycles. The van der Waals surface area contributed by atoms with Gasteiger partial charge in [0, 0.05) is 13.2 Å². The van der Waals surface area contributed by atoms with Crippen LogP contribution in [0.5, 0.6) is 0 Å². The number of aromatic nitrogens is 1. The fraction of sp³-hybridized carbons (Fsp3) is 0.667. The molecule has 0 aromatic carbocycles. The molecule has 0 saturated heterocycles. The molecule has 5 nitrogen and oxygen atoms in total. The molecule has 96 valence electrons. The van der Waals surface area contributed by atoms with Gasteiger partial charge in [-0.3, -0.25) is 4.79 Å². The number of nitrogens with zero attached hydrogens (tertiary/aromatic N) is 1. The maximum Gasteiger partial charge on any atom is 0.256 e. The zero-order valence-corrected chi connectivity index (χ0v) is 10.6. The first-order chi connectivity index (χ1) is 8.10. The summed E-state index contributed by atoms with van der Waals surface area (Å²) in [7, 11) is 0. The first-order valence-corrected chi connectivity index (χ1v) is 5.94. The van der Waals surface area contributed by atoms with Crippen LogP contribution in [0.3, 0.4) is 0 Å². The molecule has 1 aromatic rings. The first kappa shape index (κ1) is 13.7. The Bertz CT molecular complexity index is 374. The molecule has 0 spiro atoms. The number of aryl methyl sites for hydroxylation is 2. The molecule has 0 radical (unpaired) electrons. The van der Waals surface area contributed by atoms with Crippen molar-refractivity contribution in [1.29, 1.82) is 0 Å². The van der Waals surface area contributed by atoms with Gasteiger partial charge in [0.25, 0.3) is 5.91 Å². The molecule has 0 aliphatic carbocycles. The van der Waals surface area contributed by atoms with E-state index in [0.29, 0.717) is 36.4 Å². The second kappa shape index (κ2) is 6.39. The number of amides is 1. The van der Waals surface area contributed by atoms with Crippen LogP contribution in [-0.4, -0.2) is 29.3 Å². The number of hydrogen-bond acceptors (Lipinski definition) is 4. The van der Waals surface area contributed by atoms with Crippen LogP contribution in [0.25, 0.3) is 0 Å². The second-order valence-corrected chi connectivity index (χ2v) is 4.24. The Morgan fingerprint density at radius 1 is 1.59 bits per heavy atom. The van der Waals surface area contributed by atoms with E-state index in [9.17, 15) is 4.79 Å². The van der Waals surface area contributed by atoms with Crippen LogP contribution in [0, 0.1) is 12.8 Å². The van der Waals surface area contributed by atoms with Crippen molar-refractivity contribution in [3.8, 4) is 0 Å². The third kappa shape index (κ3) is 3.56. The van der Waals surface area contributed by atoms with Crippen LogP contribution in [0.1, 0.15) is 42.1 Å². The molecule has 5 heteroatoms. The van der Waals surface area contributed by atoms with Crippen molar-refractivity contribution < 1.29 is 14.4 Å². The van der Waals surface area contributed by atoms with E-state index >= 15 is 0 Å². The molecule has 0 bridgehead atoms. The highest BCUT2D eigenvalue weighted by Gasteiger charge is 2.19. The van der Waals surface area contributed by atoms with Gasteiger partial charge in [0.1, 0.15) is 11.3 Å². The highest BCUT2D eigenvalue weighted by atomic mass is 16.5. The van der Waals surface area contributed by atoms with Crippen LogP contribution in [-0.2, 0) is 6.42 Å². The van der Waals surface area contributed by atoms with Gasteiger partial charge in [-0.2, -0.15) is 0 Å². The monoisotopic (exact) mass is 240 g/mol. The Balaban J connectivity index is 2.60. The van der Waals surface area contributed by atoms with Crippen LogP contribution < -0.4 is 5.32 Å². The van der Waals surface area contributed by atoms with E-state index in [0.717, 1.165) is 0 Å². The van der Waals surface area contributed by atoms with Crippen molar-refractivity contribution in [1.82, 2.24) is 10.5 Å². The average Bonchev–Trinajstić information content (AvgIpc) is 2.68. The summed E-state index contributed by atoms with van der Waals surface area (Å²) in [5, 5.41) is 15.5. The molecule has 1 amide bonds. The summed E-state index contributed by atoms with van der Waals surface area (Å²) >= 11 is 0. The molecule has 1 unspecified atom stereocenters. The fourth-order valence-corrected chi connectivity index (χ4v) is 1.63. The maximum atomic E-state index is 11.9. The van der Waals surface area contributed by atoms with Gasteiger partial charge in [-0.1, -0.05) is 19.0 Å². The third-order valence-electron chi connectivity index (χ3n) is 2.73. The van der Waals surface area contributed by atoms with Crippen molar-refractivity contribution in [2.24, 2.45) is 5.92 Å². The van der Waals surface area contributed by atoms with Gasteiger partial charge in [-0.05, 0) is 25.7 Å². The van der Waals surface area contributed by atoms with Gasteiger partial charge in [0.05, 0.1) is 5.69 Å². The van der Waals surface area contributed by atoms with Gasteiger partial charge in [0.15, 0.2) is 0 Å². The second-order valence-electron chi connectivity index (χ2n) is 4.24. The van der Waals surface area contributed by atoms with Gasteiger partial charge in [0.2, 0.25) is 0 Å². The molecular formula is C12H20N2O3. The topological polar surface area (TPSA) is 75.4 Å². The molecule has 1 rings (SSSR count). The van der Waals surface area contributed by atoms with E-state index in [1.54, 1.807) is 6.92 Å². The number of aliphatic hydroxyl groups is 1. The van der Waals surface area contributed by atoms with E-state index in [4.69, 9.17) is 9.63 Å². The number of aliphatic hydroxyl groups excluding tert-OH is 1. The number of carbonyl (C=O) groups excluding carboxylic acids is 1. The smallest absolute Gasteiger partial charge is 0.256 e. The predicted octanol–water partition coefficient (Wildman–Crippen LogP) is 1.29. The number of nitrogens with one attached hydrogen (secondary N) is 1. The Kier molecular flexibility index (Phi) is 5.15. The Morgan fingerprint density at radius 2 is 2.29 bits per heavy atom. The van der Waals surface area contributed by atoms with Gasteiger partial charge in [-0.25, -0.2) is 0 Å². The minimum Gasteiger partial charge on any atom is -0.396 e. The van der Waals surface area contributed by atoms with Crippen molar-refractivity contribution >= 4 is 5.91 Å². The van der Waals surface area contributed by atoms with E-state index in [1.165, 1.54) is 0 Å². The summed E-state index contributed by atoms with van der Waals surface area (Å²) in [5.41, 5.74) is 1.23. The van der Waals surface area contributed by atoms with Crippen LogP contribution in [0.15, 0.2) is 4.52 Å². The largest absolute Gasteiger partial charge is 0.396 e. The summed E-state index contributed by atoms with van der Waals surface area (Å²) in [6.07, 6.45) is 1.36. The molecule has 0 fully saturated rings. The summed E-state index contributed by atoms with van der Waals surface area (Å²) in [6, 6.07) is 0. The van der Waals surface area contributed by atoms with Crippen molar-refractivity contribution in [3.05, 3.63) is 17.0 Å². The Hall–Kier alpha value is -1.36. The molecule has 2 N–H and O–H groups in total. The molecule has 1 atom stereocenters. The summed E-state index contributed by atoms with van der Waals surface area (Å²) in [4.78, 5) is 11.9. The lowest BCUT2D eigenvalue weighted by atomic mass is 10.1. The van der Waals surface area contributed by atoms with E-state index in [2.05, 4.69) is 10.5 Å². The molecular weight excluding hydrogens is 220 g/mol. The maximum absolute atomic E-state index is 11.9. The zero-order chi connectivity index (χ0) is 12.8. The van der Waals surface area contributed by atoms with E-state index in [-0.39, 0.29) is 18.4 Å². The summed E-state index contributed by atoms with van der Waals surface area (Å²) < 4.78 is 5.01. The Labute approximate surface area is 101 Å². The molecule has 1 heterocycles. The number of hydrogen-bond donors (Lipinski definition) is 2. The normalized spacial score (nSPS) is 12.5. The van der Waals surface area contributed by atoms with Crippen LogP contribution >= 0.6 is 0 Å². The van der Waals surface area contributed by atoms with Crippen molar-refractivity contribution in [3.63, 3.8) is 0 Å². The first-order valence-electron chi connectivity index (χ1n) is 5.94. The molecule has 0 aliphatic heterocycles. The minimum atomic E-state index is -0.148. The number of rotatable bonds is 6. The highest BCUT2D eigenvalue weighted by Crippen LogP contribution is 2.13. The van der Waals surface area contributed by atoms with E-state index < -0.39 is 0 Å².